The number of amides is 3. The standard InChI is InChI=1S/C22H29N5O5/c1-3-4-10-26-19(29)15-16(20(26)30)22(2,21(31)32)27(11-9-14(23)28)17(15)12-5-7-13(8-6-12)18(24)25/h5-8,15-17H,3-4,9-11H2,1-2H3,(H2,23,28)(H3,24,25)(H,31,32). The number of likely N-dealkylation sites (tertiary alicyclic amines) is 2. The number of nitrogens with two attached hydrogens (primary N) is 2. The van der Waals surface area contributed by atoms with E-state index in [0.717, 1.165) is 6.42 Å². The number of nitrogen functional groups attached to an aromatic ring is 1. The van der Waals surface area contributed by atoms with Gasteiger partial charge in [0.2, 0.25) is 17.7 Å². The number of nitrogens with zero attached hydrogens (tertiary/aromatic N) is 2. The predicted octanol–water partition coefficient (Wildman–Crippen LogP) is 0.447. The number of nitrogens with one attached hydrogen (secondary N) is 1. The van der Waals surface area contributed by atoms with Crippen molar-refractivity contribution in [1.29, 1.82) is 5.41 Å². The molecule has 0 spiro atoms. The van der Waals surface area contributed by atoms with Crippen LogP contribution in [0.25, 0.3) is 0 Å². The Bertz CT molecular complexity index is 962. The van der Waals surface area contributed by atoms with Gasteiger partial charge in [0.25, 0.3) is 0 Å². The van der Waals surface area contributed by atoms with Crippen molar-refractivity contribution >= 4 is 29.5 Å². The van der Waals surface area contributed by atoms with Crippen molar-refractivity contribution < 1.29 is 24.3 Å². The molecule has 2 aliphatic heterocycles. The highest BCUT2D eigenvalue weighted by Gasteiger charge is 2.69. The third kappa shape index (κ3) is 3.64. The fraction of sp³-hybridized carbons (Fsp3) is 0.500. The van der Waals surface area contributed by atoms with E-state index in [1.807, 2.05) is 6.92 Å². The lowest BCUT2D eigenvalue weighted by Gasteiger charge is -2.38. The molecule has 0 bridgehead atoms. The molecule has 3 amide bonds. The zero-order valence-corrected chi connectivity index (χ0v) is 18.2. The third-order valence-electron chi connectivity index (χ3n) is 6.65. The van der Waals surface area contributed by atoms with E-state index in [2.05, 4.69) is 0 Å². The van der Waals surface area contributed by atoms with E-state index in [1.165, 1.54) is 11.8 Å². The largest absolute Gasteiger partial charge is 0.480 e. The molecule has 1 aromatic carbocycles. The number of aliphatic carboxylic acids is 1. The number of hydrogen-bond donors (Lipinski definition) is 4. The lowest BCUT2D eigenvalue weighted by Crippen LogP contribution is -2.56. The summed E-state index contributed by atoms with van der Waals surface area (Å²) in [6, 6.07) is 5.84. The first-order valence-corrected chi connectivity index (χ1v) is 10.6. The van der Waals surface area contributed by atoms with Crippen LogP contribution in [0.5, 0.6) is 0 Å². The second-order valence-corrected chi connectivity index (χ2v) is 8.53. The van der Waals surface area contributed by atoms with Gasteiger partial charge in [-0.3, -0.25) is 34.4 Å². The average molecular weight is 444 g/mol. The summed E-state index contributed by atoms with van der Waals surface area (Å²) in [5.41, 5.74) is 10.3. The molecule has 32 heavy (non-hydrogen) atoms. The number of carbonyl (C=O) groups excluding carboxylic acids is 3. The molecule has 2 heterocycles. The van der Waals surface area contributed by atoms with Crippen LogP contribution < -0.4 is 11.5 Å². The van der Waals surface area contributed by atoms with E-state index < -0.39 is 47.1 Å². The molecule has 6 N–H and O–H groups in total. The lowest BCUT2D eigenvalue weighted by molar-refractivity contribution is -0.157. The van der Waals surface area contributed by atoms with Crippen molar-refractivity contribution in [2.45, 2.75) is 44.7 Å². The Morgan fingerprint density at radius 1 is 1.12 bits per heavy atom. The number of benzene rings is 1. The summed E-state index contributed by atoms with van der Waals surface area (Å²) < 4.78 is 0. The maximum atomic E-state index is 13.4. The van der Waals surface area contributed by atoms with Gasteiger partial charge in [-0.05, 0) is 18.9 Å². The summed E-state index contributed by atoms with van der Waals surface area (Å²) in [5, 5.41) is 17.8. The zero-order chi connectivity index (χ0) is 23.8. The minimum atomic E-state index is -1.70. The Hall–Kier alpha value is -3.27. The topological polar surface area (TPSA) is 171 Å². The number of carboxylic acid groups (broad SMARTS) is 1. The van der Waals surface area contributed by atoms with E-state index in [-0.39, 0.29) is 25.3 Å². The quantitative estimate of drug-likeness (QED) is 0.244. The first-order chi connectivity index (χ1) is 15.0. The number of primary amides is 1. The van der Waals surface area contributed by atoms with E-state index in [9.17, 15) is 24.3 Å². The number of unbranched alkanes of at least 4 members (excludes halogenated alkanes) is 1. The van der Waals surface area contributed by atoms with Gasteiger partial charge in [-0.1, -0.05) is 37.6 Å². The van der Waals surface area contributed by atoms with Gasteiger partial charge in [0.05, 0.1) is 11.8 Å². The summed E-state index contributed by atoms with van der Waals surface area (Å²) in [6.07, 6.45) is 1.29. The summed E-state index contributed by atoms with van der Waals surface area (Å²) in [7, 11) is 0. The third-order valence-corrected chi connectivity index (χ3v) is 6.65. The molecule has 2 aliphatic rings. The number of rotatable bonds is 9. The lowest BCUT2D eigenvalue weighted by atomic mass is 9.80. The molecule has 0 radical (unpaired) electrons. The smallest absolute Gasteiger partial charge is 0.324 e. The van der Waals surface area contributed by atoms with Gasteiger partial charge in [-0.25, -0.2) is 0 Å². The SMILES string of the molecule is CCCCN1C(=O)C2C(c3ccc(C(=N)N)cc3)N(CCC(N)=O)C(C)(C(=O)O)C2C1=O. The molecule has 3 rings (SSSR count). The number of carbonyl (C=O) groups is 4. The maximum absolute atomic E-state index is 13.4. The van der Waals surface area contributed by atoms with Crippen LogP contribution in [0, 0.1) is 17.2 Å². The average Bonchev–Trinajstić information content (AvgIpc) is 3.15. The number of imide groups is 1. The van der Waals surface area contributed by atoms with E-state index in [4.69, 9.17) is 16.9 Å². The first-order valence-electron chi connectivity index (χ1n) is 10.6. The fourth-order valence-electron chi connectivity index (χ4n) is 4.96. The summed E-state index contributed by atoms with van der Waals surface area (Å²) in [6.45, 7) is 3.61. The molecule has 0 aliphatic carbocycles. The van der Waals surface area contributed by atoms with Gasteiger partial charge in [0.15, 0.2) is 0 Å². The van der Waals surface area contributed by atoms with Gasteiger partial charge in [-0.15, -0.1) is 0 Å². The highest BCUT2D eigenvalue weighted by molar-refractivity contribution is 6.09. The molecule has 10 heteroatoms. The van der Waals surface area contributed by atoms with Crippen molar-refractivity contribution in [3.8, 4) is 0 Å². The molecule has 10 nitrogen and oxygen atoms in total. The molecular formula is C22H29N5O5. The second-order valence-electron chi connectivity index (χ2n) is 8.53. The van der Waals surface area contributed by atoms with Crippen LogP contribution in [0.15, 0.2) is 24.3 Å². The Kier molecular flexibility index (Phi) is 6.36. The van der Waals surface area contributed by atoms with Crippen LogP contribution in [-0.4, -0.2) is 63.1 Å². The predicted molar refractivity (Wildman–Crippen MR) is 115 cm³/mol. The van der Waals surface area contributed by atoms with Gasteiger partial charge < -0.3 is 16.6 Å². The summed E-state index contributed by atoms with van der Waals surface area (Å²) in [4.78, 5) is 53.5. The van der Waals surface area contributed by atoms with Crippen molar-refractivity contribution in [2.24, 2.45) is 23.3 Å². The van der Waals surface area contributed by atoms with Crippen LogP contribution in [0.3, 0.4) is 0 Å². The number of fused-ring (bicyclic) bond motifs is 1. The van der Waals surface area contributed by atoms with Crippen molar-refractivity contribution in [2.75, 3.05) is 13.1 Å². The Morgan fingerprint density at radius 2 is 1.75 bits per heavy atom. The van der Waals surface area contributed by atoms with Gasteiger partial charge >= 0.3 is 5.97 Å². The van der Waals surface area contributed by atoms with Gasteiger partial charge in [-0.2, -0.15) is 0 Å². The summed E-state index contributed by atoms with van der Waals surface area (Å²) in [5.74, 6) is -4.86. The minimum Gasteiger partial charge on any atom is -0.480 e. The van der Waals surface area contributed by atoms with Gasteiger partial charge in [0, 0.05) is 31.1 Å². The Labute approximate surface area is 186 Å². The van der Waals surface area contributed by atoms with Crippen LogP contribution in [0.2, 0.25) is 0 Å². The maximum Gasteiger partial charge on any atom is 0.324 e. The highest BCUT2D eigenvalue weighted by atomic mass is 16.4. The van der Waals surface area contributed by atoms with Crippen LogP contribution >= 0.6 is 0 Å². The van der Waals surface area contributed by atoms with E-state index in [0.29, 0.717) is 17.5 Å². The van der Waals surface area contributed by atoms with Crippen molar-refractivity contribution in [3.63, 3.8) is 0 Å². The molecule has 4 unspecified atom stereocenters. The van der Waals surface area contributed by atoms with Crippen molar-refractivity contribution in [3.05, 3.63) is 35.4 Å². The normalized spacial score (nSPS) is 27.6. The minimum absolute atomic E-state index is 0.0141. The Morgan fingerprint density at radius 3 is 2.25 bits per heavy atom. The molecule has 4 atom stereocenters. The van der Waals surface area contributed by atoms with Crippen LogP contribution in [0.4, 0.5) is 0 Å². The molecule has 0 aromatic heterocycles. The monoisotopic (exact) mass is 443 g/mol. The van der Waals surface area contributed by atoms with Crippen LogP contribution in [0.1, 0.15) is 50.3 Å². The number of carboxylic acids is 1. The number of hydrogen-bond acceptors (Lipinski definition) is 6. The first kappa shape index (κ1) is 23.4. The second kappa shape index (κ2) is 8.70. The Balaban J connectivity index is 2.14. The molecule has 1 aromatic rings. The zero-order valence-electron chi connectivity index (χ0n) is 18.2. The molecule has 2 fully saturated rings. The van der Waals surface area contributed by atoms with E-state index in [1.54, 1.807) is 29.2 Å². The molecular weight excluding hydrogens is 414 g/mol. The van der Waals surface area contributed by atoms with Crippen molar-refractivity contribution in [1.82, 2.24) is 9.80 Å². The van der Waals surface area contributed by atoms with Gasteiger partial charge in [0.1, 0.15) is 11.4 Å². The van der Waals surface area contributed by atoms with E-state index >= 15 is 0 Å². The molecule has 0 saturated carbocycles. The highest BCUT2D eigenvalue weighted by Crippen LogP contribution is 2.55. The fourth-order valence-corrected chi connectivity index (χ4v) is 4.96. The van der Waals surface area contributed by atoms with Crippen LogP contribution in [-0.2, 0) is 19.2 Å². The number of amidine groups is 1. The summed E-state index contributed by atoms with van der Waals surface area (Å²) >= 11 is 0. The molecule has 2 saturated heterocycles. The molecule has 172 valence electrons.